The Hall–Kier alpha value is -1.75. The van der Waals surface area contributed by atoms with Crippen molar-refractivity contribution in [2.75, 3.05) is 14.2 Å². The van der Waals surface area contributed by atoms with Gasteiger partial charge in [-0.1, -0.05) is 6.07 Å². The lowest BCUT2D eigenvalue weighted by molar-refractivity contribution is 0.354. The second-order valence-corrected chi connectivity index (χ2v) is 6.34. The first-order valence-corrected chi connectivity index (χ1v) is 8.01. The van der Waals surface area contributed by atoms with Gasteiger partial charge in [-0.2, -0.15) is 0 Å². The van der Waals surface area contributed by atoms with Crippen LogP contribution in [-0.2, 0) is 19.4 Å². The SMILES string of the molecule is COc1ccc(Cn2c3c(sc2=N)CCCC3)cc1OC. The fourth-order valence-corrected chi connectivity index (χ4v) is 3.98. The molecule has 0 saturated heterocycles. The van der Waals surface area contributed by atoms with Crippen LogP contribution in [0, 0.1) is 5.41 Å². The van der Waals surface area contributed by atoms with E-state index in [-0.39, 0.29) is 0 Å². The summed E-state index contributed by atoms with van der Waals surface area (Å²) in [5.41, 5.74) is 2.49. The molecule has 1 aromatic heterocycles. The van der Waals surface area contributed by atoms with Gasteiger partial charge in [0.2, 0.25) is 0 Å². The largest absolute Gasteiger partial charge is 0.493 e. The number of hydrogen-bond donors (Lipinski definition) is 1. The molecule has 112 valence electrons. The first-order chi connectivity index (χ1) is 10.2. The number of methoxy groups -OCH3 is 2. The molecule has 1 aliphatic rings. The van der Waals surface area contributed by atoms with Crippen LogP contribution < -0.4 is 14.3 Å². The molecule has 0 radical (unpaired) electrons. The lowest BCUT2D eigenvalue weighted by atomic mass is 10.0. The Morgan fingerprint density at radius 3 is 2.67 bits per heavy atom. The smallest absolute Gasteiger partial charge is 0.182 e. The Morgan fingerprint density at radius 2 is 1.90 bits per heavy atom. The van der Waals surface area contributed by atoms with Gasteiger partial charge in [-0.25, -0.2) is 0 Å². The Balaban J connectivity index is 1.94. The van der Waals surface area contributed by atoms with Crippen molar-refractivity contribution in [3.05, 3.63) is 39.1 Å². The predicted octanol–water partition coefficient (Wildman–Crippen LogP) is 2.97. The molecule has 2 aromatic rings. The van der Waals surface area contributed by atoms with Gasteiger partial charge in [0.25, 0.3) is 0 Å². The molecule has 21 heavy (non-hydrogen) atoms. The predicted molar refractivity (Wildman–Crippen MR) is 83.5 cm³/mol. The quantitative estimate of drug-likeness (QED) is 0.944. The van der Waals surface area contributed by atoms with Gasteiger partial charge in [0.15, 0.2) is 16.3 Å². The molecule has 1 heterocycles. The number of hydrogen-bond acceptors (Lipinski definition) is 4. The average Bonchev–Trinajstić information content (AvgIpc) is 2.83. The van der Waals surface area contributed by atoms with E-state index < -0.39 is 0 Å². The summed E-state index contributed by atoms with van der Waals surface area (Å²) < 4.78 is 12.8. The molecule has 1 aromatic carbocycles. The van der Waals surface area contributed by atoms with Gasteiger partial charge in [-0.05, 0) is 43.4 Å². The maximum absolute atomic E-state index is 8.22. The molecule has 0 bridgehead atoms. The highest BCUT2D eigenvalue weighted by Crippen LogP contribution is 2.29. The normalized spacial score (nSPS) is 13.8. The van der Waals surface area contributed by atoms with Crippen molar-refractivity contribution in [2.45, 2.75) is 32.2 Å². The maximum Gasteiger partial charge on any atom is 0.182 e. The van der Waals surface area contributed by atoms with Crippen LogP contribution in [0.15, 0.2) is 18.2 Å². The Labute approximate surface area is 128 Å². The van der Waals surface area contributed by atoms with Gasteiger partial charge in [0, 0.05) is 10.6 Å². The molecule has 0 unspecified atom stereocenters. The van der Waals surface area contributed by atoms with Crippen LogP contribution in [0.3, 0.4) is 0 Å². The Bertz CT molecular complexity index is 703. The molecule has 1 aliphatic carbocycles. The zero-order valence-electron chi connectivity index (χ0n) is 12.4. The van der Waals surface area contributed by atoms with E-state index in [0.29, 0.717) is 4.80 Å². The first-order valence-electron chi connectivity index (χ1n) is 7.20. The number of nitrogens with zero attached hydrogens (tertiary/aromatic N) is 1. The summed E-state index contributed by atoms with van der Waals surface area (Å²) in [6.07, 6.45) is 4.71. The van der Waals surface area contributed by atoms with E-state index in [1.807, 2.05) is 18.2 Å². The van der Waals surface area contributed by atoms with Crippen molar-refractivity contribution in [1.82, 2.24) is 4.57 Å². The second kappa shape index (κ2) is 5.93. The highest BCUT2D eigenvalue weighted by atomic mass is 32.1. The van der Waals surface area contributed by atoms with Gasteiger partial charge in [0.1, 0.15) is 0 Å². The van der Waals surface area contributed by atoms with Crippen molar-refractivity contribution in [2.24, 2.45) is 0 Å². The van der Waals surface area contributed by atoms with Gasteiger partial charge in [-0.15, -0.1) is 11.3 Å². The number of aromatic nitrogens is 1. The highest BCUT2D eigenvalue weighted by molar-refractivity contribution is 7.09. The molecule has 0 atom stereocenters. The topological polar surface area (TPSA) is 47.2 Å². The third-order valence-corrected chi connectivity index (χ3v) is 5.07. The molecule has 5 heteroatoms. The van der Waals surface area contributed by atoms with E-state index in [1.165, 1.54) is 23.4 Å². The van der Waals surface area contributed by atoms with Crippen LogP contribution in [0.2, 0.25) is 0 Å². The monoisotopic (exact) mass is 304 g/mol. The molecule has 4 nitrogen and oxygen atoms in total. The summed E-state index contributed by atoms with van der Waals surface area (Å²) in [6.45, 7) is 0.727. The Kier molecular flexibility index (Phi) is 4.01. The standard InChI is InChI=1S/C16H20N2O2S/c1-19-13-8-7-11(9-14(13)20-2)10-18-12-5-3-4-6-15(12)21-16(18)17/h7-9,17H,3-6,10H2,1-2H3. The zero-order valence-corrected chi connectivity index (χ0v) is 13.3. The number of benzene rings is 1. The molecule has 3 rings (SSSR count). The van der Waals surface area contributed by atoms with Crippen molar-refractivity contribution in [3.8, 4) is 11.5 Å². The lowest BCUT2D eigenvalue weighted by Crippen LogP contribution is -2.18. The molecule has 0 saturated carbocycles. The summed E-state index contributed by atoms with van der Waals surface area (Å²) in [5, 5.41) is 8.22. The molecule has 0 fully saturated rings. The summed E-state index contributed by atoms with van der Waals surface area (Å²) in [6, 6.07) is 5.97. The van der Waals surface area contributed by atoms with Crippen molar-refractivity contribution < 1.29 is 9.47 Å². The minimum Gasteiger partial charge on any atom is -0.493 e. The molecule has 1 N–H and O–H groups in total. The van der Waals surface area contributed by atoms with Crippen LogP contribution in [0.5, 0.6) is 11.5 Å². The van der Waals surface area contributed by atoms with Gasteiger partial charge in [-0.3, -0.25) is 5.41 Å². The second-order valence-electron chi connectivity index (χ2n) is 5.26. The first kappa shape index (κ1) is 14.2. The highest BCUT2D eigenvalue weighted by Gasteiger charge is 2.17. The third kappa shape index (κ3) is 2.70. The summed E-state index contributed by atoms with van der Waals surface area (Å²) in [4.78, 5) is 2.04. The average molecular weight is 304 g/mol. The number of nitrogens with one attached hydrogen (secondary N) is 1. The molecule has 0 aliphatic heterocycles. The summed E-state index contributed by atoms with van der Waals surface area (Å²) in [5.74, 6) is 1.48. The van der Waals surface area contributed by atoms with Crippen LogP contribution >= 0.6 is 11.3 Å². The number of thiazole rings is 1. The fraction of sp³-hybridized carbons (Fsp3) is 0.438. The van der Waals surface area contributed by atoms with Gasteiger partial charge < -0.3 is 14.0 Å². The number of ether oxygens (including phenoxy) is 2. The third-order valence-electron chi connectivity index (χ3n) is 3.97. The number of rotatable bonds is 4. The molecule has 0 amide bonds. The van der Waals surface area contributed by atoms with Crippen molar-refractivity contribution in [3.63, 3.8) is 0 Å². The van der Waals surface area contributed by atoms with E-state index in [1.54, 1.807) is 25.6 Å². The van der Waals surface area contributed by atoms with E-state index in [2.05, 4.69) is 4.57 Å². The van der Waals surface area contributed by atoms with Gasteiger partial charge >= 0.3 is 0 Å². The minimum atomic E-state index is 0.650. The fourth-order valence-electron chi connectivity index (χ4n) is 2.88. The van der Waals surface area contributed by atoms with Gasteiger partial charge in [0.05, 0.1) is 20.8 Å². The van der Waals surface area contributed by atoms with Crippen LogP contribution in [0.4, 0.5) is 0 Å². The molecular formula is C16H20N2O2S. The molecular weight excluding hydrogens is 284 g/mol. The van der Waals surface area contributed by atoms with E-state index in [9.17, 15) is 0 Å². The summed E-state index contributed by atoms with van der Waals surface area (Å²) >= 11 is 1.63. The maximum atomic E-state index is 8.22. The van der Waals surface area contributed by atoms with E-state index in [0.717, 1.165) is 36.4 Å². The van der Waals surface area contributed by atoms with Crippen LogP contribution in [-0.4, -0.2) is 18.8 Å². The summed E-state index contributed by atoms with van der Waals surface area (Å²) in [7, 11) is 3.29. The van der Waals surface area contributed by atoms with Crippen molar-refractivity contribution in [1.29, 1.82) is 5.41 Å². The van der Waals surface area contributed by atoms with Crippen LogP contribution in [0.25, 0.3) is 0 Å². The van der Waals surface area contributed by atoms with Crippen molar-refractivity contribution >= 4 is 11.3 Å². The lowest BCUT2D eigenvalue weighted by Gasteiger charge is -2.15. The van der Waals surface area contributed by atoms with E-state index >= 15 is 0 Å². The minimum absolute atomic E-state index is 0.650. The van der Waals surface area contributed by atoms with Crippen LogP contribution in [0.1, 0.15) is 29.0 Å². The molecule has 0 spiro atoms. The Morgan fingerprint density at radius 1 is 1.14 bits per heavy atom. The zero-order chi connectivity index (χ0) is 14.8. The number of fused-ring (bicyclic) bond motifs is 1. The number of aryl methyl sites for hydroxylation is 1. The van der Waals surface area contributed by atoms with E-state index in [4.69, 9.17) is 14.9 Å².